The lowest BCUT2D eigenvalue weighted by Gasteiger charge is -2.14. The summed E-state index contributed by atoms with van der Waals surface area (Å²) in [6.45, 7) is 7.67. The summed E-state index contributed by atoms with van der Waals surface area (Å²) in [7, 11) is 0. The molecule has 4 rings (SSSR count). The van der Waals surface area contributed by atoms with Crippen molar-refractivity contribution >= 4 is 45.4 Å². The van der Waals surface area contributed by atoms with E-state index in [1.54, 1.807) is 4.90 Å². The molecule has 0 bridgehead atoms. The van der Waals surface area contributed by atoms with Gasteiger partial charge in [0.05, 0.1) is 17.2 Å². The molecule has 0 atom stereocenters. The molecule has 0 aliphatic carbocycles. The van der Waals surface area contributed by atoms with Gasteiger partial charge in [-0.05, 0) is 59.3 Å². The van der Waals surface area contributed by atoms with E-state index in [0.29, 0.717) is 24.0 Å². The van der Waals surface area contributed by atoms with Crippen LogP contribution in [0.2, 0.25) is 0 Å². The SMILES string of the molecule is CCCN1C(=O)/C(=C\c2ccc(OCC(C)C)c3ccccc23)SC1=Nc1ccccc1. The molecule has 1 aliphatic heterocycles. The summed E-state index contributed by atoms with van der Waals surface area (Å²) in [5, 5.41) is 2.86. The summed E-state index contributed by atoms with van der Waals surface area (Å²) in [6, 6.07) is 22.0. The molecule has 0 radical (unpaired) electrons. The van der Waals surface area contributed by atoms with Gasteiger partial charge in [-0.2, -0.15) is 0 Å². The van der Waals surface area contributed by atoms with Crippen molar-refractivity contribution in [2.45, 2.75) is 27.2 Å². The monoisotopic (exact) mass is 444 g/mol. The number of ether oxygens (including phenoxy) is 1. The first-order valence-corrected chi connectivity index (χ1v) is 11.9. The number of nitrogens with zero attached hydrogens (tertiary/aromatic N) is 2. The molecular formula is C27H28N2O2S. The lowest BCUT2D eigenvalue weighted by molar-refractivity contribution is -0.122. The molecule has 0 N–H and O–H groups in total. The molecule has 164 valence electrons. The van der Waals surface area contributed by atoms with Crippen molar-refractivity contribution < 1.29 is 9.53 Å². The number of hydrogen-bond donors (Lipinski definition) is 0. The Hall–Kier alpha value is -3.05. The molecule has 1 aliphatic rings. The predicted octanol–water partition coefficient (Wildman–Crippen LogP) is 6.89. The Labute approximate surface area is 194 Å². The van der Waals surface area contributed by atoms with Gasteiger partial charge in [0, 0.05) is 11.9 Å². The summed E-state index contributed by atoms with van der Waals surface area (Å²) >= 11 is 1.44. The number of amidine groups is 1. The maximum Gasteiger partial charge on any atom is 0.266 e. The van der Waals surface area contributed by atoms with Gasteiger partial charge in [-0.3, -0.25) is 9.69 Å². The van der Waals surface area contributed by atoms with Gasteiger partial charge in [0.25, 0.3) is 5.91 Å². The normalized spacial score (nSPS) is 16.6. The van der Waals surface area contributed by atoms with E-state index in [4.69, 9.17) is 9.73 Å². The van der Waals surface area contributed by atoms with E-state index in [2.05, 4.69) is 32.9 Å². The zero-order valence-electron chi connectivity index (χ0n) is 18.7. The first kappa shape index (κ1) is 22.2. The Kier molecular flexibility index (Phi) is 6.96. The van der Waals surface area contributed by atoms with Gasteiger partial charge in [0.1, 0.15) is 5.75 Å². The largest absolute Gasteiger partial charge is 0.493 e. The summed E-state index contributed by atoms with van der Waals surface area (Å²) in [6.07, 6.45) is 2.86. The van der Waals surface area contributed by atoms with Crippen LogP contribution < -0.4 is 4.74 Å². The Bertz CT molecular complexity index is 1170. The predicted molar refractivity (Wildman–Crippen MR) is 135 cm³/mol. The van der Waals surface area contributed by atoms with Crippen LogP contribution in [0.25, 0.3) is 16.8 Å². The van der Waals surface area contributed by atoms with Crippen LogP contribution in [0, 0.1) is 5.92 Å². The minimum Gasteiger partial charge on any atom is -0.493 e. The van der Waals surface area contributed by atoms with Gasteiger partial charge < -0.3 is 4.74 Å². The van der Waals surface area contributed by atoms with Crippen LogP contribution in [0.3, 0.4) is 0 Å². The number of rotatable bonds is 7. The number of amides is 1. The highest BCUT2D eigenvalue weighted by Gasteiger charge is 2.32. The second kappa shape index (κ2) is 10.0. The van der Waals surface area contributed by atoms with Crippen molar-refractivity contribution in [3.63, 3.8) is 0 Å². The Morgan fingerprint density at radius 1 is 1.00 bits per heavy atom. The molecule has 5 heteroatoms. The van der Waals surface area contributed by atoms with Crippen molar-refractivity contribution in [2.24, 2.45) is 10.9 Å². The molecule has 1 fully saturated rings. The zero-order chi connectivity index (χ0) is 22.5. The van der Waals surface area contributed by atoms with E-state index < -0.39 is 0 Å². The number of carbonyl (C=O) groups excluding carboxylic acids is 1. The Morgan fingerprint density at radius 2 is 1.72 bits per heavy atom. The van der Waals surface area contributed by atoms with Gasteiger partial charge in [-0.15, -0.1) is 0 Å². The van der Waals surface area contributed by atoms with E-state index in [1.807, 2.05) is 60.7 Å². The van der Waals surface area contributed by atoms with Crippen LogP contribution in [-0.4, -0.2) is 29.1 Å². The van der Waals surface area contributed by atoms with E-state index in [9.17, 15) is 4.79 Å². The summed E-state index contributed by atoms with van der Waals surface area (Å²) in [4.78, 5) is 20.4. The third kappa shape index (κ3) is 4.89. The highest BCUT2D eigenvalue weighted by molar-refractivity contribution is 8.18. The average molecular weight is 445 g/mol. The van der Waals surface area contributed by atoms with E-state index in [-0.39, 0.29) is 5.91 Å². The fourth-order valence-corrected chi connectivity index (χ4v) is 4.58. The van der Waals surface area contributed by atoms with Crippen LogP contribution in [-0.2, 0) is 4.79 Å². The van der Waals surface area contributed by atoms with E-state index >= 15 is 0 Å². The average Bonchev–Trinajstić information content (AvgIpc) is 3.08. The number of para-hydroxylation sites is 1. The molecule has 32 heavy (non-hydrogen) atoms. The summed E-state index contributed by atoms with van der Waals surface area (Å²) in [5.74, 6) is 1.34. The van der Waals surface area contributed by atoms with Crippen molar-refractivity contribution in [1.29, 1.82) is 0 Å². The van der Waals surface area contributed by atoms with Crippen LogP contribution in [0.4, 0.5) is 5.69 Å². The highest BCUT2D eigenvalue weighted by atomic mass is 32.2. The number of fused-ring (bicyclic) bond motifs is 1. The smallest absolute Gasteiger partial charge is 0.266 e. The third-order valence-electron chi connectivity index (χ3n) is 5.09. The van der Waals surface area contributed by atoms with E-state index in [0.717, 1.165) is 39.4 Å². The lowest BCUT2D eigenvalue weighted by atomic mass is 10.0. The highest BCUT2D eigenvalue weighted by Crippen LogP contribution is 2.36. The standard InChI is InChI=1S/C27H28N2O2S/c1-4-16-29-26(30)25(32-27(29)28-21-10-6-5-7-11-21)17-20-14-15-24(31-18-19(2)3)23-13-9-8-12-22(20)23/h5-15,17,19H,4,16,18H2,1-3H3/b25-17+,28-27?. The van der Waals surface area contributed by atoms with Crippen LogP contribution in [0.1, 0.15) is 32.8 Å². The maximum absolute atomic E-state index is 13.2. The number of hydrogen-bond acceptors (Lipinski definition) is 4. The quantitative estimate of drug-likeness (QED) is 0.373. The number of benzene rings is 3. The van der Waals surface area contributed by atoms with Crippen LogP contribution in [0.5, 0.6) is 5.75 Å². The topological polar surface area (TPSA) is 41.9 Å². The Morgan fingerprint density at radius 3 is 2.44 bits per heavy atom. The second-order valence-electron chi connectivity index (χ2n) is 8.20. The first-order chi connectivity index (χ1) is 15.6. The number of carbonyl (C=O) groups is 1. The molecule has 1 heterocycles. The molecule has 4 nitrogen and oxygen atoms in total. The molecule has 3 aromatic carbocycles. The van der Waals surface area contributed by atoms with Crippen LogP contribution in [0.15, 0.2) is 76.6 Å². The molecular weight excluding hydrogens is 416 g/mol. The number of aliphatic imine (C=N–C) groups is 1. The van der Waals surface area contributed by atoms with E-state index in [1.165, 1.54) is 11.8 Å². The van der Waals surface area contributed by atoms with Crippen molar-refractivity contribution in [1.82, 2.24) is 4.90 Å². The van der Waals surface area contributed by atoms with Gasteiger partial charge in [-0.25, -0.2) is 4.99 Å². The van der Waals surface area contributed by atoms with Crippen molar-refractivity contribution in [3.8, 4) is 5.75 Å². The second-order valence-corrected chi connectivity index (χ2v) is 9.21. The molecule has 1 saturated heterocycles. The molecule has 0 aromatic heterocycles. The molecule has 3 aromatic rings. The van der Waals surface area contributed by atoms with Crippen LogP contribution >= 0.6 is 11.8 Å². The molecule has 0 spiro atoms. The molecule has 0 saturated carbocycles. The molecule has 0 unspecified atom stereocenters. The van der Waals surface area contributed by atoms with Crippen molar-refractivity contribution in [2.75, 3.05) is 13.2 Å². The van der Waals surface area contributed by atoms with Crippen molar-refractivity contribution in [3.05, 3.63) is 77.2 Å². The van der Waals surface area contributed by atoms with Gasteiger partial charge >= 0.3 is 0 Å². The fraction of sp³-hybridized carbons (Fsp3) is 0.259. The van der Waals surface area contributed by atoms with Gasteiger partial charge in [-0.1, -0.05) is 69.3 Å². The lowest BCUT2D eigenvalue weighted by Crippen LogP contribution is -2.29. The molecule has 1 amide bonds. The Balaban J connectivity index is 1.71. The van der Waals surface area contributed by atoms with Gasteiger partial charge in [0.2, 0.25) is 0 Å². The summed E-state index contributed by atoms with van der Waals surface area (Å²) < 4.78 is 6.04. The third-order valence-corrected chi connectivity index (χ3v) is 6.10. The fourth-order valence-electron chi connectivity index (χ4n) is 3.57. The first-order valence-electron chi connectivity index (χ1n) is 11.1. The number of thioether (sulfide) groups is 1. The maximum atomic E-state index is 13.2. The minimum absolute atomic E-state index is 0.00995. The zero-order valence-corrected chi connectivity index (χ0v) is 19.6. The minimum atomic E-state index is 0.00995. The summed E-state index contributed by atoms with van der Waals surface area (Å²) in [5.41, 5.74) is 1.85. The van der Waals surface area contributed by atoms with Gasteiger partial charge in [0.15, 0.2) is 5.17 Å².